The maximum Gasteiger partial charge on any atom is 0.312 e. The van der Waals surface area contributed by atoms with Crippen molar-refractivity contribution in [3.63, 3.8) is 0 Å². The molecule has 0 aliphatic carbocycles. The fourth-order valence-corrected chi connectivity index (χ4v) is 2.39. The molecule has 1 aliphatic rings. The summed E-state index contributed by atoms with van der Waals surface area (Å²) in [5.41, 5.74) is 1.02. The van der Waals surface area contributed by atoms with Crippen molar-refractivity contribution >= 4 is 5.97 Å². The lowest BCUT2D eigenvalue weighted by atomic mass is 9.77. The molecule has 2 rings (SSSR count). The van der Waals surface area contributed by atoms with Crippen molar-refractivity contribution < 1.29 is 19.7 Å². The van der Waals surface area contributed by atoms with E-state index in [2.05, 4.69) is 0 Å². The smallest absolute Gasteiger partial charge is 0.312 e. The molecule has 1 heterocycles. The molecule has 0 bridgehead atoms. The molecule has 1 atom stereocenters. The predicted molar refractivity (Wildman–Crippen MR) is 66.2 cm³/mol. The summed E-state index contributed by atoms with van der Waals surface area (Å²) in [5.74, 6) is -0.784. The quantitative estimate of drug-likeness (QED) is 0.851. The Hall–Kier alpha value is -1.39. The van der Waals surface area contributed by atoms with Gasteiger partial charge in [-0.05, 0) is 30.4 Å². The highest BCUT2D eigenvalue weighted by molar-refractivity contribution is 5.75. The largest absolute Gasteiger partial charge is 0.481 e. The maximum atomic E-state index is 11.5. The molecule has 0 aromatic heterocycles. The van der Waals surface area contributed by atoms with Gasteiger partial charge in [-0.3, -0.25) is 4.79 Å². The van der Waals surface area contributed by atoms with E-state index >= 15 is 0 Å². The van der Waals surface area contributed by atoms with Crippen LogP contribution in [0.15, 0.2) is 24.3 Å². The number of hydrogen-bond donors (Lipinski definition) is 2. The van der Waals surface area contributed by atoms with Crippen molar-refractivity contribution in [2.24, 2.45) is 5.41 Å². The molecule has 1 aromatic carbocycles. The van der Waals surface area contributed by atoms with E-state index in [1.807, 2.05) is 24.3 Å². The van der Waals surface area contributed by atoms with Crippen LogP contribution in [0.5, 0.6) is 0 Å². The summed E-state index contributed by atoms with van der Waals surface area (Å²) in [7, 11) is 0. The van der Waals surface area contributed by atoms with Gasteiger partial charge in [0, 0.05) is 6.61 Å². The fraction of sp³-hybridized carbons (Fsp3) is 0.500. The average molecular weight is 250 g/mol. The number of carbonyl (C=O) groups is 1. The van der Waals surface area contributed by atoms with E-state index in [-0.39, 0.29) is 13.2 Å². The SMILES string of the molecule is O=C(O)C1(Cc2ccc(CO)cc2)CCCOC1. The second-order valence-corrected chi connectivity index (χ2v) is 4.89. The zero-order valence-electron chi connectivity index (χ0n) is 10.3. The summed E-state index contributed by atoms with van der Waals surface area (Å²) >= 11 is 0. The Labute approximate surface area is 106 Å². The summed E-state index contributed by atoms with van der Waals surface area (Å²) in [6.07, 6.45) is 1.93. The van der Waals surface area contributed by atoms with Gasteiger partial charge in [-0.15, -0.1) is 0 Å². The number of aliphatic carboxylic acids is 1. The van der Waals surface area contributed by atoms with Crippen LogP contribution in [-0.2, 0) is 22.6 Å². The van der Waals surface area contributed by atoms with Crippen LogP contribution in [-0.4, -0.2) is 29.4 Å². The molecular weight excluding hydrogens is 232 g/mol. The third-order valence-corrected chi connectivity index (χ3v) is 3.52. The van der Waals surface area contributed by atoms with Gasteiger partial charge in [0.1, 0.15) is 0 Å². The van der Waals surface area contributed by atoms with Gasteiger partial charge in [-0.1, -0.05) is 24.3 Å². The second-order valence-electron chi connectivity index (χ2n) is 4.89. The highest BCUT2D eigenvalue weighted by Crippen LogP contribution is 2.33. The molecule has 0 saturated carbocycles. The van der Waals surface area contributed by atoms with Crippen molar-refractivity contribution in [2.75, 3.05) is 13.2 Å². The van der Waals surface area contributed by atoms with Crippen LogP contribution >= 0.6 is 0 Å². The molecule has 0 amide bonds. The number of carboxylic acids is 1. The highest BCUT2D eigenvalue weighted by Gasteiger charge is 2.40. The summed E-state index contributed by atoms with van der Waals surface area (Å²) in [6.45, 7) is 0.941. The Bertz CT molecular complexity index is 404. The van der Waals surface area contributed by atoms with E-state index < -0.39 is 11.4 Å². The van der Waals surface area contributed by atoms with Crippen LogP contribution in [0.4, 0.5) is 0 Å². The van der Waals surface area contributed by atoms with Crippen molar-refractivity contribution in [1.29, 1.82) is 0 Å². The fourth-order valence-electron chi connectivity index (χ4n) is 2.39. The summed E-state index contributed by atoms with van der Waals surface area (Å²) in [4.78, 5) is 11.5. The zero-order chi connectivity index (χ0) is 13.0. The molecule has 98 valence electrons. The Morgan fingerprint density at radius 1 is 1.28 bits per heavy atom. The summed E-state index contributed by atoms with van der Waals surface area (Å²) in [6, 6.07) is 7.42. The van der Waals surface area contributed by atoms with Crippen LogP contribution in [0.2, 0.25) is 0 Å². The zero-order valence-corrected chi connectivity index (χ0v) is 10.3. The third-order valence-electron chi connectivity index (χ3n) is 3.52. The summed E-state index contributed by atoms with van der Waals surface area (Å²) < 4.78 is 5.34. The van der Waals surface area contributed by atoms with E-state index in [0.717, 1.165) is 17.5 Å². The molecule has 4 heteroatoms. The maximum absolute atomic E-state index is 11.5. The molecule has 0 radical (unpaired) electrons. The van der Waals surface area contributed by atoms with E-state index in [0.29, 0.717) is 19.4 Å². The summed E-state index contributed by atoms with van der Waals surface area (Å²) in [5, 5.41) is 18.4. The molecule has 2 N–H and O–H groups in total. The highest BCUT2D eigenvalue weighted by atomic mass is 16.5. The molecular formula is C14H18O4. The first-order chi connectivity index (χ1) is 8.66. The van der Waals surface area contributed by atoms with Crippen molar-refractivity contribution in [3.8, 4) is 0 Å². The minimum Gasteiger partial charge on any atom is -0.481 e. The van der Waals surface area contributed by atoms with Gasteiger partial charge < -0.3 is 14.9 Å². The van der Waals surface area contributed by atoms with Crippen LogP contribution < -0.4 is 0 Å². The second kappa shape index (κ2) is 5.50. The molecule has 18 heavy (non-hydrogen) atoms. The average Bonchev–Trinajstić information content (AvgIpc) is 2.40. The van der Waals surface area contributed by atoms with Gasteiger partial charge in [0.2, 0.25) is 0 Å². The van der Waals surface area contributed by atoms with Crippen LogP contribution in [0.1, 0.15) is 24.0 Å². The van der Waals surface area contributed by atoms with Gasteiger partial charge in [-0.2, -0.15) is 0 Å². The van der Waals surface area contributed by atoms with Gasteiger partial charge in [0.15, 0.2) is 0 Å². The normalized spacial score (nSPS) is 23.8. The Morgan fingerprint density at radius 3 is 2.44 bits per heavy atom. The number of hydrogen-bond acceptors (Lipinski definition) is 3. The standard InChI is InChI=1S/C14H18O4/c15-9-12-4-2-11(3-5-12)8-14(13(16)17)6-1-7-18-10-14/h2-5,15H,1,6-10H2,(H,16,17). The van der Waals surface area contributed by atoms with Crippen molar-refractivity contribution in [2.45, 2.75) is 25.9 Å². The first-order valence-corrected chi connectivity index (χ1v) is 6.16. The molecule has 1 aliphatic heterocycles. The van der Waals surface area contributed by atoms with Gasteiger partial charge in [0.05, 0.1) is 18.6 Å². The molecule has 1 saturated heterocycles. The Morgan fingerprint density at radius 2 is 1.94 bits per heavy atom. The van der Waals surface area contributed by atoms with Gasteiger partial charge >= 0.3 is 5.97 Å². The first-order valence-electron chi connectivity index (χ1n) is 6.16. The number of benzene rings is 1. The van der Waals surface area contributed by atoms with Crippen molar-refractivity contribution in [1.82, 2.24) is 0 Å². The van der Waals surface area contributed by atoms with Gasteiger partial charge in [-0.25, -0.2) is 0 Å². The lowest BCUT2D eigenvalue weighted by Crippen LogP contribution is -2.41. The predicted octanol–water partition coefficient (Wildman–Crippen LogP) is 1.60. The number of ether oxygens (including phenoxy) is 1. The number of aliphatic hydroxyl groups is 1. The Kier molecular flexibility index (Phi) is 3.99. The molecule has 1 aromatic rings. The lowest BCUT2D eigenvalue weighted by molar-refractivity contribution is -0.157. The third kappa shape index (κ3) is 2.71. The number of rotatable bonds is 4. The lowest BCUT2D eigenvalue weighted by Gasteiger charge is -2.33. The minimum absolute atomic E-state index is 0.00741. The first kappa shape index (κ1) is 13.1. The van der Waals surface area contributed by atoms with E-state index in [9.17, 15) is 9.90 Å². The van der Waals surface area contributed by atoms with Crippen LogP contribution in [0, 0.1) is 5.41 Å². The van der Waals surface area contributed by atoms with Crippen LogP contribution in [0.3, 0.4) is 0 Å². The number of carboxylic acid groups (broad SMARTS) is 1. The van der Waals surface area contributed by atoms with Crippen molar-refractivity contribution in [3.05, 3.63) is 35.4 Å². The van der Waals surface area contributed by atoms with E-state index in [1.165, 1.54) is 0 Å². The molecule has 1 unspecified atom stereocenters. The molecule has 0 spiro atoms. The topological polar surface area (TPSA) is 66.8 Å². The minimum atomic E-state index is -0.793. The molecule has 4 nitrogen and oxygen atoms in total. The molecule has 1 fully saturated rings. The van der Waals surface area contributed by atoms with Gasteiger partial charge in [0.25, 0.3) is 0 Å². The Balaban J connectivity index is 2.15. The monoisotopic (exact) mass is 250 g/mol. The van der Waals surface area contributed by atoms with E-state index in [4.69, 9.17) is 9.84 Å². The van der Waals surface area contributed by atoms with Crippen LogP contribution in [0.25, 0.3) is 0 Å². The number of aliphatic hydroxyl groups excluding tert-OH is 1. The van der Waals surface area contributed by atoms with E-state index in [1.54, 1.807) is 0 Å².